The highest BCUT2D eigenvalue weighted by atomic mass is 32.1. The lowest BCUT2D eigenvalue weighted by Crippen LogP contribution is -2.23. The summed E-state index contributed by atoms with van der Waals surface area (Å²) in [5.74, 6) is 0. The van der Waals surface area contributed by atoms with E-state index in [1.165, 1.54) is 11.3 Å². The maximum absolute atomic E-state index is 4.67. The number of anilines is 1. The minimum Gasteiger partial charge on any atom is -0.351 e. The van der Waals surface area contributed by atoms with Crippen LogP contribution in [0.2, 0.25) is 0 Å². The first-order chi connectivity index (χ1) is 8.45. The molecule has 18 heavy (non-hydrogen) atoms. The van der Waals surface area contributed by atoms with Gasteiger partial charge in [0.1, 0.15) is 0 Å². The van der Waals surface area contributed by atoms with E-state index < -0.39 is 0 Å². The molecule has 0 bridgehead atoms. The van der Waals surface area contributed by atoms with E-state index in [2.05, 4.69) is 55.1 Å². The zero-order chi connectivity index (χ0) is 13.7. The first kappa shape index (κ1) is 15.4. The summed E-state index contributed by atoms with van der Waals surface area (Å²) in [4.78, 5) is 10.5. The standard InChI is InChI=1S/C13H26N4S/c1-10(14-3)12-11(2)15-13(18-12)17(6)9-7-8-16(4)5/h10,14H,7-9H2,1-6H3. The van der Waals surface area contributed by atoms with Gasteiger partial charge in [-0.1, -0.05) is 0 Å². The van der Waals surface area contributed by atoms with Gasteiger partial charge >= 0.3 is 0 Å². The second-order valence-electron chi connectivity index (χ2n) is 5.03. The minimum atomic E-state index is 0.381. The maximum atomic E-state index is 4.67. The molecule has 1 N–H and O–H groups in total. The monoisotopic (exact) mass is 270 g/mol. The van der Waals surface area contributed by atoms with Crippen molar-refractivity contribution in [2.24, 2.45) is 0 Å². The summed E-state index contributed by atoms with van der Waals surface area (Å²) in [7, 11) is 8.34. The van der Waals surface area contributed by atoms with Crippen LogP contribution in [-0.4, -0.2) is 51.2 Å². The van der Waals surface area contributed by atoms with Gasteiger partial charge in [0.15, 0.2) is 5.13 Å². The average Bonchev–Trinajstić information content (AvgIpc) is 2.70. The Morgan fingerprint density at radius 2 is 1.94 bits per heavy atom. The van der Waals surface area contributed by atoms with Crippen LogP contribution in [0.4, 0.5) is 5.13 Å². The second-order valence-corrected chi connectivity index (χ2v) is 6.04. The van der Waals surface area contributed by atoms with Crippen LogP contribution >= 0.6 is 11.3 Å². The van der Waals surface area contributed by atoms with Crippen molar-refractivity contribution < 1.29 is 0 Å². The molecular formula is C13H26N4S. The van der Waals surface area contributed by atoms with Crippen molar-refractivity contribution in [3.8, 4) is 0 Å². The highest BCUT2D eigenvalue weighted by molar-refractivity contribution is 7.15. The number of hydrogen-bond donors (Lipinski definition) is 1. The van der Waals surface area contributed by atoms with Crippen LogP contribution in [0.5, 0.6) is 0 Å². The van der Waals surface area contributed by atoms with Crippen molar-refractivity contribution in [1.29, 1.82) is 0 Å². The number of rotatable bonds is 7. The van der Waals surface area contributed by atoms with Gasteiger partial charge in [-0.2, -0.15) is 0 Å². The van der Waals surface area contributed by atoms with Gasteiger partial charge in [0.05, 0.1) is 5.69 Å². The van der Waals surface area contributed by atoms with Gasteiger partial charge in [0.2, 0.25) is 0 Å². The number of aryl methyl sites for hydroxylation is 1. The molecular weight excluding hydrogens is 244 g/mol. The quantitative estimate of drug-likeness (QED) is 0.822. The number of aromatic nitrogens is 1. The summed E-state index contributed by atoms with van der Waals surface area (Å²) >= 11 is 1.80. The Morgan fingerprint density at radius 3 is 2.50 bits per heavy atom. The first-order valence-corrected chi connectivity index (χ1v) is 7.27. The van der Waals surface area contributed by atoms with Crippen LogP contribution in [0.3, 0.4) is 0 Å². The summed E-state index contributed by atoms with van der Waals surface area (Å²) in [6.07, 6.45) is 1.17. The number of nitrogens with zero attached hydrogens (tertiary/aromatic N) is 3. The Balaban J connectivity index is 2.60. The van der Waals surface area contributed by atoms with E-state index in [9.17, 15) is 0 Å². The summed E-state index contributed by atoms with van der Waals surface area (Å²) in [6.45, 7) is 6.44. The van der Waals surface area contributed by atoms with E-state index in [-0.39, 0.29) is 0 Å². The Bertz CT molecular complexity index is 362. The molecule has 0 aliphatic rings. The van der Waals surface area contributed by atoms with Crippen molar-refractivity contribution in [2.45, 2.75) is 26.3 Å². The summed E-state index contributed by atoms with van der Waals surface area (Å²) < 4.78 is 0. The van der Waals surface area contributed by atoms with E-state index in [1.54, 1.807) is 11.3 Å². The summed E-state index contributed by atoms with van der Waals surface area (Å²) in [5, 5.41) is 4.41. The molecule has 0 saturated carbocycles. The highest BCUT2D eigenvalue weighted by Gasteiger charge is 2.14. The van der Waals surface area contributed by atoms with Gasteiger partial charge in [0, 0.05) is 24.5 Å². The summed E-state index contributed by atoms with van der Waals surface area (Å²) in [6, 6.07) is 0.381. The highest BCUT2D eigenvalue weighted by Crippen LogP contribution is 2.29. The molecule has 4 nitrogen and oxygen atoms in total. The van der Waals surface area contributed by atoms with E-state index in [4.69, 9.17) is 0 Å². The fraction of sp³-hybridized carbons (Fsp3) is 0.769. The van der Waals surface area contributed by atoms with Crippen molar-refractivity contribution in [2.75, 3.05) is 46.2 Å². The molecule has 1 atom stereocenters. The van der Waals surface area contributed by atoms with Gasteiger partial charge in [-0.15, -0.1) is 11.3 Å². The predicted octanol–water partition coefficient (Wildman–Crippen LogP) is 2.12. The number of thiazole rings is 1. The van der Waals surface area contributed by atoms with Crippen molar-refractivity contribution in [3.05, 3.63) is 10.6 Å². The molecule has 0 aromatic carbocycles. The minimum absolute atomic E-state index is 0.381. The van der Waals surface area contributed by atoms with Crippen molar-refractivity contribution >= 4 is 16.5 Å². The molecule has 0 fully saturated rings. The fourth-order valence-corrected chi connectivity index (χ4v) is 2.92. The molecule has 0 aliphatic carbocycles. The smallest absolute Gasteiger partial charge is 0.185 e. The molecule has 1 aromatic rings. The Morgan fingerprint density at radius 1 is 1.28 bits per heavy atom. The van der Waals surface area contributed by atoms with Crippen LogP contribution in [0, 0.1) is 6.92 Å². The number of nitrogens with one attached hydrogen (secondary N) is 1. The molecule has 1 aromatic heterocycles. The lowest BCUT2D eigenvalue weighted by Gasteiger charge is -2.17. The SMILES string of the molecule is CNC(C)c1sc(N(C)CCCN(C)C)nc1C. The predicted molar refractivity (Wildman–Crippen MR) is 80.8 cm³/mol. The largest absolute Gasteiger partial charge is 0.351 e. The second kappa shape index (κ2) is 7.07. The maximum Gasteiger partial charge on any atom is 0.185 e. The zero-order valence-electron chi connectivity index (χ0n) is 12.4. The van der Waals surface area contributed by atoms with E-state index in [1.807, 2.05) is 7.05 Å². The van der Waals surface area contributed by atoms with E-state index in [0.717, 1.165) is 23.9 Å². The van der Waals surface area contributed by atoms with Gasteiger partial charge in [-0.25, -0.2) is 4.98 Å². The Hall–Kier alpha value is -0.650. The van der Waals surface area contributed by atoms with Gasteiger partial charge in [0.25, 0.3) is 0 Å². The molecule has 1 heterocycles. The van der Waals surface area contributed by atoms with Gasteiger partial charge in [-0.05, 0) is 48.0 Å². The molecule has 104 valence electrons. The molecule has 1 rings (SSSR count). The Kier molecular flexibility index (Phi) is 6.05. The van der Waals surface area contributed by atoms with Crippen molar-refractivity contribution in [3.63, 3.8) is 0 Å². The topological polar surface area (TPSA) is 31.4 Å². The Labute approximate surface area is 115 Å². The molecule has 0 amide bonds. The third kappa shape index (κ3) is 4.23. The lowest BCUT2D eigenvalue weighted by molar-refractivity contribution is 0.401. The zero-order valence-corrected chi connectivity index (χ0v) is 13.3. The van der Waals surface area contributed by atoms with E-state index >= 15 is 0 Å². The van der Waals surface area contributed by atoms with E-state index in [0.29, 0.717) is 6.04 Å². The fourth-order valence-electron chi connectivity index (χ4n) is 1.81. The lowest BCUT2D eigenvalue weighted by atomic mass is 10.2. The van der Waals surface area contributed by atoms with Crippen LogP contribution < -0.4 is 10.2 Å². The van der Waals surface area contributed by atoms with Gasteiger partial charge in [-0.3, -0.25) is 0 Å². The molecule has 1 unspecified atom stereocenters. The third-order valence-corrected chi connectivity index (χ3v) is 4.53. The molecule has 0 spiro atoms. The van der Waals surface area contributed by atoms with Crippen LogP contribution in [0.25, 0.3) is 0 Å². The van der Waals surface area contributed by atoms with Crippen molar-refractivity contribution in [1.82, 2.24) is 15.2 Å². The molecule has 0 aliphatic heterocycles. The third-order valence-electron chi connectivity index (χ3n) is 3.07. The van der Waals surface area contributed by atoms with Gasteiger partial charge < -0.3 is 15.1 Å². The average molecular weight is 270 g/mol. The normalized spacial score (nSPS) is 13.1. The molecule has 5 heteroatoms. The van der Waals surface area contributed by atoms with Crippen LogP contribution in [0.15, 0.2) is 0 Å². The van der Waals surface area contributed by atoms with Crippen LogP contribution in [-0.2, 0) is 0 Å². The first-order valence-electron chi connectivity index (χ1n) is 6.46. The number of hydrogen-bond acceptors (Lipinski definition) is 5. The molecule has 0 radical (unpaired) electrons. The summed E-state index contributed by atoms with van der Waals surface area (Å²) in [5.41, 5.74) is 1.15. The molecule has 0 saturated heterocycles. The van der Waals surface area contributed by atoms with Crippen LogP contribution in [0.1, 0.15) is 30.0 Å².